The van der Waals surface area contributed by atoms with E-state index in [-0.39, 0.29) is 24.6 Å². The molecule has 0 aliphatic carbocycles. The predicted octanol–water partition coefficient (Wildman–Crippen LogP) is 1.93. The van der Waals surface area contributed by atoms with Gasteiger partial charge < -0.3 is 10.5 Å². The Morgan fingerprint density at radius 2 is 1.57 bits per heavy atom. The van der Waals surface area contributed by atoms with Gasteiger partial charge in [0, 0.05) is 6.54 Å². The highest BCUT2D eigenvalue weighted by molar-refractivity contribution is 7.89. The number of hydrazone groups is 1. The fourth-order valence-corrected chi connectivity index (χ4v) is 4.52. The van der Waals surface area contributed by atoms with Crippen LogP contribution in [-0.2, 0) is 26.0 Å². The normalized spacial score (nSPS) is 11.5. The Morgan fingerprint density at radius 1 is 0.943 bits per heavy atom. The summed E-state index contributed by atoms with van der Waals surface area (Å²) < 4.78 is 32.7. The van der Waals surface area contributed by atoms with Gasteiger partial charge in [0.05, 0.1) is 17.7 Å². The number of amides is 2. The first-order valence-electron chi connectivity index (χ1n) is 10.8. The van der Waals surface area contributed by atoms with Crippen molar-refractivity contribution in [3.05, 3.63) is 96.1 Å². The summed E-state index contributed by atoms with van der Waals surface area (Å²) in [4.78, 5) is 23.4. The molecular weight excluding hydrogens is 468 g/mol. The van der Waals surface area contributed by atoms with Crippen LogP contribution in [0.3, 0.4) is 0 Å². The van der Waals surface area contributed by atoms with Crippen molar-refractivity contribution in [3.8, 4) is 5.75 Å². The number of nitrogens with two attached hydrogens (primary N) is 1. The summed E-state index contributed by atoms with van der Waals surface area (Å²) in [6.45, 7) is -0.484. The summed E-state index contributed by atoms with van der Waals surface area (Å²) in [7, 11) is -3.89. The quantitative estimate of drug-likeness (QED) is 0.293. The van der Waals surface area contributed by atoms with Crippen molar-refractivity contribution in [1.29, 1.82) is 0 Å². The number of ether oxygens (including phenoxy) is 1. The molecule has 2 amide bonds. The van der Waals surface area contributed by atoms with Gasteiger partial charge in [-0.1, -0.05) is 48.5 Å². The second-order valence-electron chi connectivity index (χ2n) is 7.50. The number of nitrogens with one attached hydrogen (secondary N) is 1. The topological polar surface area (TPSA) is 131 Å². The molecule has 0 unspecified atom stereocenters. The summed E-state index contributed by atoms with van der Waals surface area (Å²) in [5.74, 6) is -0.689. The highest BCUT2D eigenvalue weighted by atomic mass is 32.2. The van der Waals surface area contributed by atoms with E-state index in [1.165, 1.54) is 18.3 Å². The zero-order valence-electron chi connectivity index (χ0n) is 18.9. The van der Waals surface area contributed by atoms with Gasteiger partial charge >= 0.3 is 0 Å². The van der Waals surface area contributed by atoms with Crippen molar-refractivity contribution in [1.82, 2.24) is 9.73 Å². The third-order valence-electron chi connectivity index (χ3n) is 4.86. The van der Waals surface area contributed by atoms with Gasteiger partial charge in [0.25, 0.3) is 11.8 Å². The Balaban J connectivity index is 1.64. The zero-order chi connectivity index (χ0) is 25.1. The minimum Gasteiger partial charge on any atom is -0.484 e. The number of nitrogens with zero attached hydrogens (tertiary/aromatic N) is 2. The fourth-order valence-electron chi connectivity index (χ4n) is 3.10. The van der Waals surface area contributed by atoms with Crippen LogP contribution in [0.4, 0.5) is 0 Å². The average Bonchev–Trinajstić information content (AvgIpc) is 2.87. The van der Waals surface area contributed by atoms with Gasteiger partial charge in [-0.15, -0.1) is 0 Å². The van der Waals surface area contributed by atoms with Crippen LogP contribution in [0.15, 0.2) is 94.9 Å². The lowest BCUT2D eigenvalue weighted by Gasteiger charge is -2.21. The van der Waals surface area contributed by atoms with E-state index < -0.39 is 21.8 Å². The van der Waals surface area contributed by atoms with Gasteiger partial charge in [-0.3, -0.25) is 9.59 Å². The van der Waals surface area contributed by atoms with Gasteiger partial charge in [-0.2, -0.15) is 9.41 Å². The van der Waals surface area contributed by atoms with Crippen molar-refractivity contribution < 1.29 is 22.7 Å². The summed E-state index contributed by atoms with van der Waals surface area (Å²) in [6.07, 6.45) is 1.86. The van der Waals surface area contributed by atoms with E-state index in [4.69, 9.17) is 10.5 Å². The molecule has 35 heavy (non-hydrogen) atoms. The Labute approximate surface area is 204 Å². The van der Waals surface area contributed by atoms with Crippen molar-refractivity contribution in [2.24, 2.45) is 10.8 Å². The maximum absolute atomic E-state index is 13.2. The van der Waals surface area contributed by atoms with Crippen LogP contribution in [-0.4, -0.2) is 50.4 Å². The summed E-state index contributed by atoms with van der Waals surface area (Å²) in [6, 6.07) is 24.1. The van der Waals surface area contributed by atoms with E-state index in [1.807, 2.05) is 30.3 Å². The van der Waals surface area contributed by atoms with E-state index >= 15 is 0 Å². The monoisotopic (exact) mass is 494 g/mol. The number of carbonyl (C=O) groups is 2. The maximum Gasteiger partial charge on any atom is 0.255 e. The minimum absolute atomic E-state index is 0.114. The zero-order valence-corrected chi connectivity index (χ0v) is 19.7. The summed E-state index contributed by atoms with van der Waals surface area (Å²) in [5.41, 5.74) is 9.03. The molecule has 0 saturated heterocycles. The molecule has 0 aliphatic heterocycles. The minimum atomic E-state index is -3.89. The van der Waals surface area contributed by atoms with Crippen molar-refractivity contribution in [3.63, 3.8) is 0 Å². The van der Waals surface area contributed by atoms with Gasteiger partial charge in [0.15, 0.2) is 6.61 Å². The van der Waals surface area contributed by atoms with Crippen LogP contribution in [0.25, 0.3) is 0 Å². The number of benzene rings is 3. The van der Waals surface area contributed by atoms with Crippen molar-refractivity contribution >= 4 is 28.1 Å². The molecule has 0 fully saturated rings. The number of carbonyl (C=O) groups excluding carboxylic acids is 2. The van der Waals surface area contributed by atoms with E-state index in [1.54, 1.807) is 42.5 Å². The van der Waals surface area contributed by atoms with Gasteiger partial charge in [-0.25, -0.2) is 13.8 Å². The molecule has 0 radical (unpaired) electrons. The van der Waals surface area contributed by atoms with Crippen molar-refractivity contribution in [2.75, 3.05) is 19.7 Å². The molecule has 182 valence electrons. The molecule has 0 atom stereocenters. The lowest BCUT2D eigenvalue weighted by atomic mass is 10.1. The molecule has 0 aliphatic rings. The lowest BCUT2D eigenvalue weighted by molar-refractivity contribution is -0.121. The molecule has 3 aromatic carbocycles. The largest absolute Gasteiger partial charge is 0.484 e. The van der Waals surface area contributed by atoms with Gasteiger partial charge in [0.2, 0.25) is 10.0 Å². The van der Waals surface area contributed by atoms with Crippen LogP contribution in [0.2, 0.25) is 0 Å². The molecule has 10 heteroatoms. The second-order valence-corrected chi connectivity index (χ2v) is 9.44. The van der Waals surface area contributed by atoms with Crippen LogP contribution < -0.4 is 15.9 Å². The molecule has 3 rings (SSSR count). The molecule has 0 heterocycles. The first-order valence-corrected chi connectivity index (χ1v) is 12.2. The summed E-state index contributed by atoms with van der Waals surface area (Å²) in [5, 5.41) is 3.91. The molecular formula is C25H26N4O5S. The van der Waals surface area contributed by atoms with Crippen LogP contribution in [0.5, 0.6) is 5.75 Å². The lowest BCUT2D eigenvalue weighted by Crippen LogP contribution is -2.40. The third kappa shape index (κ3) is 8.05. The molecule has 0 saturated carbocycles. The Bertz CT molecular complexity index is 1250. The van der Waals surface area contributed by atoms with Gasteiger partial charge in [0.1, 0.15) is 5.75 Å². The average molecular weight is 495 g/mol. The Hall–Kier alpha value is -4.02. The molecule has 3 N–H and O–H groups in total. The fraction of sp³-hybridized carbons (Fsp3) is 0.160. The first kappa shape index (κ1) is 25.6. The molecule has 0 bridgehead atoms. The van der Waals surface area contributed by atoms with Crippen LogP contribution in [0.1, 0.15) is 11.1 Å². The smallest absolute Gasteiger partial charge is 0.255 e. The highest BCUT2D eigenvalue weighted by Gasteiger charge is 2.26. The number of primary amides is 1. The standard InChI is InChI=1S/C25H26N4O5S/c26-24(30)19-34-22-13-11-21(12-14-22)17-27-28-25(31)18-29(16-15-20-7-3-1-4-8-20)35(32,33)23-9-5-2-6-10-23/h1-14,17H,15-16,18-19H2,(H2,26,30)(H,28,31)/b27-17+. The van der Waals surface area contributed by atoms with Crippen LogP contribution in [0, 0.1) is 0 Å². The maximum atomic E-state index is 13.2. The number of rotatable bonds is 12. The first-order chi connectivity index (χ1) is 16.8. The number of hydrogen-bond donors (Lipinski definition) is 2. The molecule has 0 spiro atoms. The Kier molecular flexibility index (Phi) is 9.10. The number of sulfonamides is 1. The molecule has 0 aromatic heterocycles. The highest BCUT2D eigenvalue weighted by Crippen LogP contribution is 2.16. The molecule has 3 aromatic rings. The number of hydrogen-bond acceptors (Lipinski definition) is 6. The van der Waals surface area contributed by atoms with E-state index in [0.29, 0.717) is 17.7 Å². The second kappa shape index (κ2) is 12.4. The van der Waals surface area contributed by atoms with E-state index in [9.17, 15) is 18.0 Å². The van der Waals surface area contributed by atoms with E-state index in [2.05, 4.69) is 10.5 Å². The van der Waals surface area contributed by atoms with Gasteiger partial charge in [-0.05, 0) is 53.9 Å². The van der Waals surface area contributed by atoms with E-state index in [0.717, 1.165) is 9.87 Å². The van der Waals surface area contributed by atoms with Crippen LogP contribution >= 0.6 is 0 Å². The Morgan fingerprint density at radius 3 is 2.20 bits per heavy atom. The third-order valence-corrected chi connectivity index (χ3v) is 6.72. The predicted molar refractivity (Wildman–Crippen MR) is 132 cm³/mol. The SMILES string of the molecule is NC(=O)COc1ccc(/C=N/NC(=O)CN(CCc2ccccc2)S(=O)(=O)c2ccccc2)cc1. The molecule has 9 nitrogen and oxygen atoms in total. The summed E-state index contributed by atoms with van der Waals surface area (Å²) >= 11 is 0. The van der Waals surface area contributed by atoms with Crippen molar-refractivity contribution in [2.45, 2.75) is 11.3 Å².